The lowest BCUT2D eigenvalue weighted by molar-refractivity contribution is 0.198. The van der Waals surface area contributed by atoms with E-state index < -0.39 is 0 Å². The van der Waals surface area contributed by atoms with E-state index in [0.717, 1.165) is 35.7 Å². The van der Waals surface area contributed by atoms with E-state index in [2.05, 4.69) is 61.0 Å². The van der Waals surface area contributed by atoms with E-state index in [-0.39, 0.29) is 11.1 Å². The molecule has 1 atom stereocenters. The van der Waals surface area contributed by atoms with Gasteiger partial charge in [-0.05, 0) is 71.9 Å². The lowest BCUT2D eigenvalue weighted by Gasteiger charge is -2.37. The van der Waals surface area contributed by atoms with Crippen LogP contribution in [0.4, 0.5) is 0 Å². The van der Waals surface area contributed by atoms with Crippen molar-refractivity contribution in [2.75, 3.05) is 0 Å². The molecule has 190 valence electrons. The zero-order valence-corrected chi connectivity index (χ0v) is 23.2. The summed E-state index contributed by atoms with van der Waals surface area (Å²) in [5, 5.41) is 15.7. The summed E-state index contributed by atoms with van der Waals surface area (Å²) in [5.41, 5.74) is 1.01. The molecule has 3 aromatic heterocycles. The van der Waals surface area contributed by atoms with E-state index in [0.29, 0.717) is 18.0 Å². The first-order valence-corrected chi connectivity index (χ1v) is 15.0. The maximum absolute atomic E-state index is 5.80. The molecule has 2 aliphatic carbocycles. The van der Waals surface area contributed by atoms with Crippen molar-refractivity contribution < 1.29 is 4.52 Å². The fourth-order valence-corrected chi connectivity index (χ4v) is 8.14. The van der Waals surface area contributed by atoms with Gasteiger partial charge >= 0.3 is 0 Å². The van der Waals surface area contributed by atoms with E-state index in [9.17, 15) is 0 Å². The average molecular weight is 514 g/mol. The molecule has 35 heavy (non-hydrogen) atoms. The Labute approximate surface area is 217 Å². The Morgan fingerprint density at radius 3 is 2.34 bits per heavy atom. The predicted octanol–water partition coefficient (Wildman–Crippen LogP) is 6.71. The molecule has 0 saturated heterocycles. The van der Waals surface area contributed by atoms with Crippen molar-refractivity contribution in [2.45, 2.75) is 115 Å². The van der Waals surface area contributed by atoms with Crippen molar-refractivity contribution in [2.24, 2.45) is 0 Å². The lowest BCUT2D eigenvalue weighted by atomic mass is 9.80. The van der Waals surface area contributed by atoms with Gasteiger partial charge < -0.3 is 15.2 Å². The summed E-state index contributed by atoms with van der Waals surface area (Å²) in [7, 11) is 0. The molecule has 0 aromatic carbocycles. The van der Waals surface area contributed by atoms with Crippen LogP contribution in [0.5, 0.6) is 0 Å². The Bertz CT molecular complexity index is 1100. The summed E-state index contributed by atoms with van der Waals surface area (Å²) in [4.78, 5) is 12.2. The standard InChI is InChI=1S/C27H39N5OS2/c1-18(2)30-26(12-6-5-7-13-26)24-29-23(33-32-24)22-11-10-21(35-22)16-19(3)31-27(14-8-9-15-27)25-28-20(4)17-34-25/h10-11,17-19,30-31H,5-9,12-16H2,1-4H3. The third kappa shape index (κ3) is 5.41. The zero-order chi connectivity index (χ0) is 24.5. The number of hydrogen-bond donors (Lipinski definition) is 2. The van der Waals surface area contributed by atoms with Gasteiger partial charge in [-0.25, -0.2) is 4.98 Å². The van der Waals surface area contributed by atoms with Gasteiger partial charge in [0.2, 0.25) is 0 Å². The van der Waals surface area contributed by atoms with Gasteiger partial charge in [-0.2, -0.15) is 4.98 Å². The Balaban J connectivity index is 1.28. The summed E-state index contributed by atoms with van der Waals surface area (Å²) in [5.74, 6) is 1.48. The SMILES string of the molecule is Cc1csc(C2(NC(C)Cc3ccc(-c4nc(C5(NC(C)C)CCCCC5)no4)s3)CCCC2)n1. The maximum atomic E-state index is 5.80. The first-order valence-electron chi connectivity index (χ1n) is 13.3. The Hall–Kier alpha value is -1.61. The highest BCUT2D eigenvalue weighted by Gasteiger charge is 2.40. The van der Waals surface area contributed by atoms with Gasteiger partial charge in [0.1, 0.15) is 5.01 Å². The molecular weight excluding hydrogens is 474 g/mol. The molecule has 0 aliphatic heterocycles. The van der Waals surface area contributed by atoms with Crippen LogP contribution < -0.4 is 10.6 Å². The molecule has 2 N–H and O–H groups in total. The molecule has 0 amide bonds. The minimum absolute atomic E-state index is 0.0392. The van der Waals surface area contributed by atoms with Crippen LogP contribution in [-0.4, -0.2) is 27.2 Å². The van der Waals surface area contributed by atoms with E-state index in [1.54, 1.807) is 11.3 Å². The van der Waals surface area contributed by atoms with Crippen LogP contribution >= 0.6 is 22.7 Å². The second kappa shape index (κ2) is 10.4. The first-order chi connectivity index (χ1) is 16.9. The molecule has 0 spiro atoms. The number of aromatic nitrogens is 3. The topological polar surface area (TPSA) is 75.9 Å². The number of nitrogens with zero attached hydrogens (tertiary/aromatic N) is 3. The lowest BCUT2D eigenvalue weighted by Crippen LogP contribution is -2.48. The quantitative estimate of drug-likeness (QED) is 0.331. The normalized spacial score (nSPS) is 20.5. The highest BCUT2D eigenvalue weighted by molar-refractivity contribution is 7.15. The second-order valence-electron chi connectivity index (χ2n) is 11.0. The van der Waals surface area contributed by atoms with Crippen molar-refractivity contribution in [1.82, 2.24) is 25.8 Å². The van der Waals surface area contributed by atoms with E-state index in [1.165, 1.54) is 54.8 Å². The van der Waals surface area contributed by atoms with Crippen molar-refractivity contribution in [3.8, 4) is 10.8 Å². The summed E-state index contributed by atoms with van der Waals surface area (Å²) in [6.07, 6.45) is 11.7. The molecule has 2 fully saturated rings. The summed E-state index contributed by atoms with van der Waals surface area (Å²) in [6, 6.07) is 5.11. The summed E-state index contributed by atoms with van der Waals surface area (Å²) < 4.78 is 5.80. The van der Waals surface area contributed by atoms with Crippen LogP contribution in [0.2, 0.25) is 0 Å². The fraction of sp³-hybridized carbons (Fsp3) is 0.667. The van der Waals surface area contributed by atoms with Crippen molar-refractivity contribution in [3.63, 3.8) is 0 Å². The van der Waals surface area contributed by atoms with E-state index >= 15 is 0 Å². The highest BCUT2D eigenvalue weighted by atomic mass is 32.1. The smallest absolute Gasteiger partial charge is 0.268 e. The Kier molecular flexibility index (Phi) is 7.45. The molecule has 2 aliphatic rings. The minimum atomic E-state index is -0.156. The average Bonchev–Trinajstić information content (AvgIpc) is 3.61. The van der Waals surface area contributed by atoms with Crippen molar-refractivity contribution in [1.29, 1.82) is 0 Å². The Morgan fingerprint density at radius 1 is 0.943 bits per heavy atom. The third-order valence-electron chi connectivity index (χ3n) is 7.51. The molecule has 8 heteroatoms. The maximum Gasteiger partial charge on any atom is 0.268 e. The van der Waals surface area contributed by atoms with Crippen LogP contribution in [0.3, 0.4) is 0 Å². The minimum Gasteiger partial charge on any atom is -0.333 e. The van der Waals surface area contributed by atoms with Crippen LogP contribution in [0.1, 0.15) is 100.0 Å². The monoisotopic (exact) mass is 513 g/mol. The molecule has 1 unspecified atom stereocenters. The number of aryl methyl sites for hydroxylation is 1. The third-order valence-corrected chi connectivity index (χ3v) is 9.77. The molecule has 2 saturated carbocycles. The van der Waals surface area contributed by atoms with Gasteiger partial charge in [0.25, 0.3) is 5.89 Å². The first kappa shape index (κ1) is 25.1. The van der Waals surface area contributed by atoms with Gasteiger partial charge in [-0.3, -0.25) is 0 Å². The van der Waals surface area contributed by atoms with Crippen molar-refractivity contribution >= 4 is 22.7 Å². The van der Waals surface area contributed by atoms with Crippen LogP contribution in [0, 0.1) is 6.92 Å². The molecule has 3 aromatic rings. The number of hydrogen-bond acceptors (Lipinski definition) is 8. The summed E-state index contributed by atoms with van der Waals surface area (Å²) in [6.45, 7) is 8.79. The number of thiazole rings is 1. The number of nitrogens with one attached hydrogen (secondary N) is 2. The molecule has 0 radical (unpaired) electrons. The van der Waals surface area contributed by atoms with E-state index in [4.69, 9.17) is 14.5 Å². The van der Waals surface area contributed by atoms with Crippen LogP contribution in [0.25, 0.3) is 10.8 Å². The molecule has 3 heterocycles. The molecule has 0 bridgehead atoms. The fourth-order valence-electron chi connectivity index (χ4n) is 6.06. The second-order valence-corrected chi connectivity index (χ2v) is 13.0. The Morgan fingerprint density at radius 2 is 1.66 bits per heavy atom. The van der Waals surface area contributed by atoms with Gasteiger partial charge in [0.05, 0.1) is 16.0 Å². The number of thiophene rings is 1. The largest absolute Gasteiger partial charge is 0.333 e. The van der Waals surface area contributed by atoms with Gasteiger partial charge in [-0.15, -0.1) is 22.7 Å². The zero-order valence-electron chi connectivity index (χ0n) is 21.5. The molecular formula is C27H39N5OS2. The van der Waals surface area contributed by atoms with Gasteiger partial charge in [0, 0.05) is 28.0 Å². The molecule has 5 rings (SSSR count). The predicted molar refractivity (Wildman–Crippen MR) is 144 cm³/mol. The van der Waals surface area contributed by atoms with Gasteiger partial charge in [-0.1, -0.05) is 37.3 Å². The summed E-state index contributed by atoms with van der Waals surface area (Å²) >= 11 is 3.58. The number of rotatable bonds is 9. The highest BCUT2D eigenvalue weighted by Crippen LogP contribution is 2.41. The van der Waals surface area contributed by atoms with Crippen molar-refractivity contribution in [3.05, 3.63) is 38.9 Å². The van der Waals surface area contributed by atoms with E-state index in [1.807, 2.05) is 11.3 Å². The van der Waals surface area contributed by atoms with Crippen LogP contribution in [-0.2, 0) is 17.5 Å². The van der Waals surface area contributed by atoms with Gasteiger partial charge in [0.15, 0.2) is 5.82 Å². The molecule has 6 nitrogen and oxygen atoms in total. The van der Waals surface area contributed by atoms with Crippen LogP contribution in [0.15, 0.2) is 22.0 Å².